The van der Waals surface area contributed by atoms with Crippen LogP contribution in [0.3, 0.4) is 0 Å². The Morgan fingerprint density at radius 3 is 2.62 bits per heavy atom. The Bertz CT molecular complexity index is 1520. The van der Waals surface area contributed by atoms with Crippen molar-refractivity contribution in [3.63, 3.8) is 0 Å². The number of likely N-dealkylation sites (N-methyl/N-ethyl adjacent to an activating group) is 1. The summed E-state index contributed by atoms with van der Waals surface area (Å²) in [4.78, 5) is 18.6. The van der Waals surface area contributed by atoms with Crippen LogP contribution in [0.15, 0.2) is 60.8 Å². The molecular formula is C26H23N7S. The minimum absolute atomic E-state index is 0.537. The van der Waals surface area contributed by atoms with Crippen molar-refractivity contribution in [1.29, 1.82) is 5.26 Å². The van der Waals surface area contributed by atoms with E-state index in [-0.39, 0.29) is 0 Å². The number of H-pyrrole nitrogens is 1. The second-order valence-corrected chi connectivity index (χ2v) is 9.62. The molecule has 0 saturated carbocycles. The second-order valence-electron chi connectivity index (χ2n) is 8.54. The molecule has 1 saturated heterocycles. The van der Waals surface area contributed by atoms with Crippen LogP contribution in [-0.2, 0) is 0 Å². The highest BCUT2D eigenvalue weighted by atomic mass is 32.1. The topological polar surface area (TPSA) is 83.9 Å². The van der Waals surface area contributed by atoms with Gasteiger partial charge in [0, 0.05) is 59.2 Å². The Hall–Kier alpha value is -3.93. The van der Waals surface area contributed by atoms with E-state index in [1.165, 1.54) is 5.69 Å². The number of fused-ring (bicyclic) bond motifs is 2. The fraction of sp³-hybridized carbons (Fsp3) is 0.192. The van der Waals surface area contributed by atoms with E-state index in [4.69, 9.17) is 4.98 Å². The predicted molar refractivity (Wildman–Crippen MR) is 139 cm³/mol. The lowest BCUT2D eigenvalue weighted by molar-refractivity contribution is 0.313. The second kappa shape index (κ2) is 8.45. The molecule has 168 valence electrons. The molecule has 4 heterocycles. The van der Waals surface area contributed by atoms with Crippen molar-refractivity contribution in [2.45, 2.75) is 0 Å². The summed E-state index contributed by atoms with van der Waals surface area (Å²) in [6.07, 6.45) is 1.88. The van der Waals surface area contributed by atoms with Gasteiger partial charge >= 0.3 is 0 Å². The predicted octanol–water partition coefficient (Wildman–Crippen LogP) is 5.21. The summed E-state index contributed by atoms with van der Waals surface area (Å²) >= 11 is 1.64. The fourth-order valence-corrected chi connectivity index (χ4v) is 5.50. The van der Waals surface area contributed by atoms with E-state index >= 15 is 0 Å². The van der Waals surface area contributed by atoms with Gasteiger partial charge in [-0.3, -0.25) is 0 Å². The molecule has 0 bridgehead atoms. The van der Waals surface area contributed by atoms with E-state index in [1.54, 1.807) is 11.3 Å². The summed E-state index contributed by atoms with van der Waals surface area (Å²) in [5, 5.41) is 14.8. The molecule has 0 spiro atoms. The third-order valence-corrected chi connectivity index (χ3v) is 7.43. The first kappa shape index (κ1) is 20.7. The molecule has 0 amide bonds. The molecule has 2 aromatic carbocycles. The number of nitriles is 1. The quantitative estimate of drug-likeness (QED) is 0.379. The van der Waals surface area contributed by atoms with Gasteiger partial charge < -0.3 is 20.1 Å². The average molecular weight is 466 g/mol. The third kappa shape index (κ3) is 3.75. The average Bonchev–Trinajstić information content (AvgIpc) is 3.51. The van der Waals surface area contributed by atoms with Crippen LogP contribution in [-0.4, -0.2) is 53.1 Å². The third-order valence-electron chi connectivity index (χ3n) is 6.32. The zero-order chi connectivity index (χ0) is 23.1. The van der Waals surface area contributed by atoms with Crippen molar-refractivity contribution < 1.29 is 0 Å². The number of nitrogens with one attached hydrogen (secondary N) is 2. The van der Waals surface area contributed by atoms with Crippen molar-refractivity contribution in [3.05, 3.63) is 66.4 Å². The summed E-state index contributed by atoms with van der Waals surface area (Å²) in [7, 11) is 2.17. The van der Waals surface area contributed by atoms with Crippen molar-refractivity contribution in [2.75, 3.05) is 43.4 Å². The highest BCUT2D eigenvalue weighted by molar-refractivity contribution is 7.22. The van der Waals surface area contributed by atoms with Crippen LogP contribution in [0.5, 0.6) is 0 Å². The Morgan fingerprint density at radius 1 is 1.00 bits per heavy atom. The van der Waals surface area contributed by atoms with Gasteiger partial charge in [0.05, 0.1) is 22.2 Å². The first-order valence-electron chi connectivity index (χ1n) is 11.3. The molecule has 34 heavy (non-hydrogen) atoms. The van der Waals surface area contributed by atoms with Crippen LogP contribution in [0.1, 0.15) is 5.56 Å². The maximum atomic E-state index is 9.49. The maximum Gasteiger partial charge on any atom is 0.229 e. The zero-order valence-corrected chi connectivity index (χ0v) is 19.6. The van der Waals surface area contributed by atoms with E-state index in [2.05, 4.69) is 68.5 Å². The molecule has 0 unspecified atom stereocenters. The van der Waals surface area contributed by atoms with Gasteiger partial charge in [0.1, 0.15) is 5.65 Å². The SMILES string of the molecule is CN1CCN(c2ccc(Nc3nc(-c4cc5c(C#N)cccc5s4)c4cc[nH]c4n3)cc2)CC1. The van der Waals surface area contributed by atoms with Gasteiger partial charge in [-0.2, -0.15) is 10.2 Å². The number of aromatic amines is 1. The first-order valence-corrected chi connectivity index (χ1v) is 12.1. The van der Waals surface area contributed by atoms with Gasteiger partial charge in [-0.05, 0) is 55.6 Å². The van der Waals surface area contributed by atoms with Gasteiger partial charge in [0.25, 0.3) is 0 Å². The molecule has 7 nitrogen and oxygen atoms in total. The molecule has 1 fully saturated rings. The number of piperazine rings is 1. The lowest BCUT2D eigenvalue weighted by Gasteiger charge is -2.34. The number of hydrogen-bond acceptors (Lipinski definition) is 7. The van der Waals surface area contributed by atoms with Crippen LogP contribution in [0.2, 0.25) is 0 Å². The Kier molecular flexibility index (Phi) is 5.13. The maximum absolute atomic E-state index is 9.49. The summed E-state index contributed by atoms with van der Waals surface area (Å²) in [5.41, 5.74) is 4.49. The highest BCUT2D eigenvalue weighted by Gasteiger charge is 2.16. The number of nitrogens with zero attached hydrogens (tertiary/aromatic N) is 5. The van der Waals surface area contributed by atoms with Crippen molar-refractivity contribution in [2.24, 2.45) is 0 Å². The molecule has 0 radical (unpaired) electrons. The molecule has 3 aromatic heterocycles. The zero-order valence-electron chi connectivity index (χ0n) is 18.7. The summed E-state index contributed by atoms with van der Waals surface area (Å²) in [6, 6.07) is 20.6. The number of thiophene rings is 1. The smallest absolute Gasteiger partial charge is 0.229 e. The molecule has 1 aliphatic heterocycles. The van der Waals surface area contributed by atoms with Gasteiger partial charge in [-0.25, -0.2) is 4.98 Å². The molecule has 0 atom stereocenters. The molecule has 8 heteroatoms. The molecule has 5 aromatic rings. The van der Waals surface area contributed by atoms with Crippen LogP contribution in [0.4, 0.5) is 17.3 Å². The number of aromatic nitrogens is 3. The summed E-state index contributed by atoms with van der Waals surface area (Å²) < 4.78 is 1.07. The fourth-order valence-electron chi connectivity index (χ4n) is 4.41. The van der Waals surface area contributed by atoms with Gasteiger partial charge in [0.15, 0.2) is 0 Å². The van der Waals surface area contributed by atoms with Gasteiger partial charge in [-0.15, -0.1) is 11.3 Å². The van der Waals surface area contributed by atoms with E-state index in [1.807, 2.05) is 30.5 Å². The minimum atomic E-state index is 0.537. The van der Waals surface area contributed by atoms with E-state index in [0.717, 1.165) is 63.6 Å². The highest BCUT2D eigenvalue weighted by Crippen LogP contribution is 2.37. The van der Waals surface area contributed by atoms with Gasteiger partial charge in [-0.1, -0.05) is 6.07 Å². The van der Waals surface area contributed by atoms with Crippen molar-refractivity contribution in [3.8, 4) is 16.6 Å². The summed E-state index contributed by atoms with van der Waals surface area (Å²) in [5.74, 6) is 0.537. The van der Waals surface area contributed by atoms with E-state index in [0.29, 0.717) is 11.5 Å². The number of rotatable bonds is 4. The first-order chi connectivity index (χ1) is 16.7. The largest absolute Gasteiger partial charge is 0.369 e. The molecule has 2 N–H and O–H groups in total. The normalized spacial score (nSPS) is 14.5. The standard InChI is InChI=1S/C26H23N7S/c1-32-11-13-33(14-12-32)19-7-5-18(6-8-19)29-26-30-24(20-9-10-28-25(20)31-26)23-15-21-17(16-27)3-2-4-22(21)34-23/h2-10,15H,11-14H2,1H3,(H2,28,29,30,31). The monoisotopic (exact) mass is 465 g/mol. The van der Waals surface area contributed by atoms with Crippen LogP contribution in [0.25, 0.3) is 31.7 Å². The number of benzene rings is 2. The van der Waals surface area contributed by atoms with Crippen LogP contribution in [0, 0.1) is 11.3 Å². The number of anilines is 3. The lowest BCUT2D eigenvalue weighted by atomic mass is 10.1. The Balaban J connectivity index is 1.32. The minimum Gasteiger partial charge on any atom is -0.369 e. The molecule has 0 aliphatic carbocycles. The Morgan fingerprint density at radius 2 is 1.82 bits per heavy atom. The molecular weight excluding hydrogens is 442 g/mol. The number of hydrogen-bond donors (Lipinski definition) is 2. The lowest BCUT2D eigenvalue weighted by Crippen LogP contribution is -2.44. The van der Waals surface area contributed by atoms with Gasteiger partial charge in [0.2, 0.25) is 5.95 Å². The van der Waals surface area contributed by atoms with Crippen molar-refractivity contribution in [1.82, 2.24) is 19.9 Å². The Labute approximate surface area is 201 Å². The molecule has 1 aliphatic rings. The summed E-state index contributed by atoms with van der Waals surface area (Å²) in [6.45, 7) is 4.25. The molecule has 6 rings (SSSR count). The van der Waals surface area contributed by atoms with E-state index in [9.17, 15) is 5.26 Å². The van der Waals surface area contributed by atoms with Crippen LogP contribution < -0.4 is 10.2 Å². The van der Waals surface area contributed by atoms with E-state index < -0.39 is 0 Å². The van der Waals surface area contributed by atoms with Crippen LogP contribution >= 0.6 is 11.3 Å². The van der Waals surface area contributed by atoms with Crippen molar-refractivity contribution >= 4 is 49.8 Å².